The number of rotatable bonds is 0. The summed E-state index contributed by atoms with van der Waals surface area (Å²) in [4.78, 5) is 4.15. The lowest BCUT2D eigenvalue weighted by Crippen LogP contribution is -1.87. The summed E-state index contributed by atoms with van der Waals surface area (Å²) in [5, 5.41) is 0.945. The van der Waals surface area contributed by atoms with Gasteiger partial charge in [0.2, 0.25) is 0 Å². The minimum atomic E-state index is -0.253. The molecular weight excluding hydrogens is 313 g/mol. The number of benzene rings is 1. The molecule has 0 bridgehead atoms. The molecule has 0 N–H and O–H groups in total. The van der Waals surface area contributed by atoms with Gasteiger partial charge in [0.05, 0.1) is 9.99 Å². The fourth-order valence-corrected chi connectivity index (χ4v) is 2.33. The monoisotopic (exact) mass is 317 g/mol. The lowest BCUT2D eigenvalue weighted by Gasteiger charge is -2.05. The van der Waals surface area contributed by atoms with Crippen LogP contribution in [-0.2, 0) is 0 Å². The standard InChI is InChI=1S/C10H6Br2FN/c1-5-2-6(13)3-8-9(5)10(12)7(11)4-14-8/h2-4H,1H3. The normalized spacial score (nSPS) is 10.9. The second kappa shape index (κ2) is 3.59. The number of aryl methyl sites for hydroxylation is 1. The third kappa shape index (κ3) is 1.57. The predicted molar refractivity (Wildman–Crippen MR) is 61.8 cm³/mol. The summed E-state index contributed by atoms with van der Waals surface area (Å²) in [5.41, 5.74) is 1.54. The van der Waals surface area contributed by atoms with Crippen LogP contribution in [0.5, 0.6) is 0 Å². The first-order valence-electron chi connectivity index (χ1n) is 3.99. The van der Waals surface area contributed by atoms with Crippen LogP contribution in [0.1, 0.15) is 5.56 Å². The molecule has 2 rings (SSSR count). The number of halogens is 3. The van der Waals surface area contributed by atoms with Gasteiger partial charge in [-0.2, -0.15) is 0 Å². The van der Waals surface area contributed by atoms with Gasteiger partial charge in [0.15, 0.2) is 0 Å². The molecule has 0 amide bonds. The highest BCUT2D eigenvalue weighted by molar-refractivity contribution is 9.13. The van der Waals surface area contributed by atoms with E-state index in [2.05, 4.69) is 36.8 Å². The summed E-state index contributed by atoms with van der Waals surface area (Å²) in [6.45, 7) is 1.87. The maximum absolute atomic E-state index is 13.1. The highest BCUT2D eigenvalue weighted by Gasteiger charge is 2.08. The number of aromatic nitrogens is 1. The highest BCUT2D eigenvalue weighted by Crippen LogP contribution is 2.32. The third-order valence-corrected chi connectivity index (χ3v) is 3.98. The Morgan fingerprint density at radius 2 is 2.00 bits per heavy atom. The third-order valence-electron chi connectivity index (χ3n) is 2.03. The second-order valence-electron chi connectivity index (χ2n) is 3.04. The Labute approximate surface area is 97.6 Å². The molecule has 0 saturated heterocycles. The quantitative estimate of drug-likeness (QED) is 0.709. The first-order valence-corrected chi connectivity index (χ1v) is 5.58. The van der Waals surface area contributed by atoms with Crippen LogP contribution in [0, 0.1) is 12.7 Å². The average Bonchev–Trinajstić information content (AvgIpc) is 2.10. The van der Waals surface area contributed by atoms with E-state index in [1.54, 1.807) is 6.20 Å². The second-order valence-corrected chi connectivity index (χ2v) is 4.68. The zero-order chi connectivity index (χ0) is 10.3. The molecule has 4 heteroatoms. The zero-order valence-electron chi connectivity index (χ0n) is 7.31. The van der Waals surface area contributed by atoms with Crippen molar-refractivity contribution in [1.29, 1.82) is 0 Å². The van der Waals surface area contributed by atoms with Gasteiger partial charge in [-0.1, -0.05) is 0 Å². The topological polar surface area (TPSA) is 12.9 Å². The van der Waals surface area contributed by atoms with Crippen molar-refractivity contribution in [1.82, 2.24) is 4.98 Å². The number of hydrogen-bond donors (Lipinski definition) is 0. The van der Waals surface area contributed by atoms with Crippen LogP contribution in [0.2, 0.25) is 0 Å². The van der Waals surface area contributed by atoms with E-state index in [9.17, 15) is 4.39 Å². The Morgan fingerprint density at radius 3 is 2.71 bits per heavy atom. The van der Waals surface area contributed by atoms with Crippen molar-refractivity contribution in [2.24, 2.45) is 0 Å². The van der Waals surface area contributed by atoms with Crippen molar-refractivity contribution in [3.8, 4) is 0 Å². The van der Waals surface area contributed by atoms with Crippen LogP contribution in [0.3, 0.4) is 0 Å². The molecule has 1 aromatic carbocycles. The lowest BCUT2D eigenvalue weighted by molar-refractivity contribution is 0.628. The Morgan fingerprint density at radius 1 is 1.29 bits per heavy atom. The molecule has 0 aliphatic carbocycles. The van der Waals surface area contributed by atoms with E-state index in [-0.39, 0.29) is 5.82 Å². The van der Waals surface area contributed by atoms with Crippen LogP contribution in [0.15, 0.2) is 27.3 Å². The highest BCUT2D eigenvalue weighted by atomic mass is 79.9. The minimum absolute atomic E-state index is 0.253. The van der Waals surface area contributed by atoms with Gasteiger partial charge >= 0.3 is 0 Å². The fourth-order valence-electron chi connectivity index (χ4n) is 1.42. The van der Waals surface area contributed by atoms with E-state index in [1.165, 1.54) is 12.1 Å². The van der Waals surface area contributed by atoms with E-state index in [1.807, 2.05) is 6.92 Å². The Kier molecular flexibility index (Phi) is 2.58. The van der Waals surface area contributed by atoms with Crippen LogP contribution < -0.4 is 0 Å². The summed E-state index contributed by atoms with van der Waals surface area (Å²) in [7, 11) is 0. The maximum atomic E-state index is 13.1. The molecule has 2 aromatic rings. The summed E-state index contributed by atoms with van der Waals surface area (Å²) in [6, 6.07) is 2.93. The summed E-state index contributed by atoms with van der Waals surface area (Å²) in [6.07, 6.45) is 1.66. The Bertz CT molecular complexity index is 511. The zero-order valence-corrected chi connectivity index (χ0v) is 10.5. The van der Waals surface area contributed by atoms with Gasteiger partial charge in [-0.05, 0) is 50.4 Å². The van der Waals surface area contributed by atoms with Crippen molar-refractivity contribution >= 4 is 42.8 Å². The van der Waals surface area contributed by atoms with Crippen molar-refractivity contribution in [3.63, 3.8) is 0 Å². The van der Waals surface area contributed by atoms with E-state index in [0.717, 1.165) is 19.9 Å². The van der Waals surface area contributed by atoms with Crippen LogP contribution in [0.25, 0.3) is 10.9 Å². The number of fused-ring (bicyclic) bond motifs is 1. The molecule has 1 aromatic heterocycles. The van der Waals surface area contributed by atoms with Crippen LogP contribution in [0.4, 0.5) is 4.39 Å². The van der Waals surface area contributed by atoms with Crippen LogP contribution in [-0.4, -0.2) is 4.98 Å². The van der Waals surface area contributed by atoms with E-state index >= 15 is 0 Å². The molecule has 0 atom stereocenters. The number of nitrogens with zero attached hydrogens (tertiary/aromatic N) is 1. The van der Waals surface area contributed by atoms with Crippen molar-refractivity contribution in [2.75, 3.05) is 0 Å². The molecule has 0 saturated carbocycles. The van der Waals surface area contributed by atoms with E-state index in [0.29, 0.717) is 5.52 Å². The number of hydrogen-bond acceptors (Lipinski definition) is 1. The molecule has 0 fully saturated rings. The van der Waals surface area contributed by atoms with Gasteiger partial charge in [0.25, 0.3) is 0 Å². The van der Waals surface area contributed by atoms with Gasteiger partial charge in [0, 0.05) is 22.1 Å². The van der Waals surface area contributed by atoms with Crippen molar-refractivity contribution in [2.45, 2.75) is 6.92 Å². The predicted octanol–water partition coefficient (Wildman–Crippen LogP) is 4.21. The average molecular weight is 319 g/mol. The van der Waals surface area contributed by atoms with E-state index < -0.39 is 0 Å². The molecule has 1 heterocycles. The first-order chi connectivity index (χ1) is 6.59. The van der Waals surface area contributed by atoms with Crippen LogP contribution >= 0.6 is 31.9 Å². The van der Waals surface area contributed by atoms with Crippen molar-refractivity contribution < 1.29 is 4.39 Å². The van der Waals surface area contributed by atoms with Gasteiger partial charge in [-0.15, -0.1) is 0 Å². The molecular formula is C10H6Br2FN. The molecule has 0 unspecified atom stereocenters. The number of pyridine rings is 1. The molecule has 0 radical (unpaired) electrons. The molecule has 14 heavy (non-hydrogen) atoms. The minimum Gasteiger partial charge on any atom is -0.255 e. The molecule has 1 nitrogen and oxygen atoms in total. The molecule has 0 aliphatic rings. The Balaban J connectivity index is 2.95. The SMILES string of the molecule is Cc1cc(F)cc2ncc(Br)c(Br)c12. The first kappa shape index (κ1) is 10.1. The van der Waals surface area contributed by atoms with Gasteiger partial charge in [-0.3, -0.25) is 4.98 Å². The Hall–Kier alpha value is -0.480. The lowest BCUT2D eigenvalue weighted by atomic mass is 10.1. The fraction of sp³-hybridized carbons (Fsp3) is 0.100. The van der Waals surface area contributed by atoms with Crippen molar-refractivity contribution in [3.05, 3.63) is 38.7 Å². The molecule has 0 aliphatic heterocycles. The maximum Gasteiger partial charge on any atom is 0.125 e. The van der Waals surface area contributed by atoms with E-state index in [4.69, 9.17) is 0 Å². The largest absolute Gasteiger partial charge is 0.255 e. The van der Waals surface area contributed by atoms with Gasteiger partial charge in [-0.25, -0.2) is 4.39 Å². The smallest absolute Gasteiger partial charge is 0.125 e. The molecule has 72 valence electrons. The van der Waals surface area contributed by atoms with Gasteiger partial charge < -0.3 is 0 Å². The molecule has 0 spiro atoms. The van der Waals surface area contributed by atoms with Gasteiger partial charge in [0.1, 0.15) is 5.82 Å². The summed E-state index contributed by atoms with van der Waals surface area (Å²) in [5.74, 6) is -0.253. The summed E-state index contributed by atoms with van der Waals surface area (Å²) < 4.78 is 14.9. The summed E-state index contributed by atoms with van der Waals surface area (Å²) >= 11 is 6.81.